The van der Waals surface area contributed by atoms with Crippen LogP contribution in [0.4, 0.5) is 4.39 Å². The Morgan fingerprint density at radius 2 is 2.29 bits per heavy atom. The molecule has 1 rings (SSSR count). The average molecular weight is 256 g/mol. The highest BCUT2D eigenvalue weighted by Crippen LogP contribution is 2.19. The van der Waals surface area contributed by atoms with Crippen LogP contribution in [0.25, 0.3) is 0 Å². The second kappa shape index (κ2) is 7.07. The van der Waals surface area contributed by atoms with Crippen molar-refractivity contribution in [2.45, 2.75) is 19.8 Å². The zero-order valence-corrected chi connectivity index (χ0v) is 10.4. The molecule has 1 amide bonds. The van der Waals surface area contributed by atoms with Crippen LogP contribution in [0.1, 0.15) is 18.9 Å². The van der Waals surface area contributed by atoms with Crippen LogP contribution in [0.15, 0.2) is 30.4 Å². The van der Waals surface area contributed by atoms with Gasteiger partial charge in [-0.25, -0.2) is 4.39 Å². The van der Waals surface area contributed by atoms with Gasteiger partial charge in [-0.3, -0.25) is 4.79 Å². The molecule has 4 heteroatoms. The molecule has 0 spiro atoms. The van der Waals surface area contributed by atoms with Crippen LogP contribution in [0.2, 0.25) is 5.02 Å². The summed E-state index contributed by atoms with van der Waals surface area (Å²) < 4.78 is 13.4. The summed E-state index contributed by atoms with van der Waals surface area (Å²) in [5, 5.41) is 2.99. The number of halogens is 2. The van der Waals surface area contributed by atoms with Crippen LogP contribution >= 0.6 is 11.6 Å². The van der Waals surface area contributed by atoms with E-state index in [9.17, 15) is 9.18 Å². The number of hydrogen-bond donors (Lipinski definition) is 1. The summed E-state index contributed by atoms with van der Waals surface area (Å²) in [7, 11) is 0. The summed E-state index contributed by atoms with van der Waals surface area (Å²) in [6, 6.07) is 4.40. The fraction of sp³-hybridized carbons (Fsp3) is 0.308. The topological polar surface area (TPSA) is 29.1 Å². The van der Waals surface area contributed by atoms with Crippen LogP contribution in [-0.4, -0.2) is 12.5 Å². The van der Waals surface area contributed by atoms with Gasteiger partial charge in [0.25, 0.3) is 0 Å². The molecule has 0 saturated heterocycles. The Balaban J connectivity index is 2.50. The van der Waals surface area contributed by atoms with Gasteiger partial charge in [-0.2, -0.15) is 0 Å². The summed E-state index contributed by atoms with van der Waals surface area (Å²) >= 11 is 5.83. The standard InChI is InChI=1S/C13H15ClFNO/c1-2-3-4-8-16-13(17)9-10-11(14)6-5-7-12(10)15/h2-3,5-7H,4,8-9H2,1H3,(H,16,17)/b3-2+. The van der Waals surface area contributed by atoms with Crippen molar-refractivity contribution < 1.29 is 9.18 Å². The van der Waals surface area contributed by atoms with E-state index in [0.717, 1.165) is 6.42 Å². The number of hydrogen-bond acceptors (Lipinski definition) is 1. The molecule has 1 N–H and O–H groups in total. The number of carbonyl (C=O) groups excluding carboxylic acids is 1. The van der Waals surface area contributed by atoms with E-state index in [1.54, 1.807) is 6.07 Å². The van der Waals surface area contributed by atoms with E-state index in [-0.39, 0.29) is 22.9 Å². The van der Waals surface area contributed by atoms with E-state index >= 15 is 0 Å². The van der Waals surface area contributed by atoms with E-state index in [1.807, 2.05) is 19.1 Å². The quantitative estimate of drug-likeness (QED) is 0.636. The Morgan fingerprint density at radius 1 is 1.53 bits per heavy atom. The number of rotatable bonds is 5. The number of amides is 1. The minimum atomic E-state index is -0.443. The van der Waals surface area contributed by atoms with Crippen LogP contribution < -0.4 is 5.32 Å². The molecule has 0 saturated carbocycles. The van der Waals surface area contributed by atoms with Crippen molar-refractivity contribution in [1.29, 1.82) is 0 Å². The average Bonchev–Trinajstić information content (AvgIpc) is 2.30. The maximum absolute atomic E-state index is 13.4. The Labute approximate surface area is 105 Å². The van der Waals surface area contributed by atoms with E-state index in [4.69, 9.17) is 11.6 Å². The SMILES string of the molecule is C/C=C/CCNC(=O)Cc1c(F)cccc1Cl. The molecule has 0 unspecified atom stereocenters. The zero-order chi connectivity index (χ0) is 12.7. The monoisotopic (exact) mass is 255 g/mol. The predicted octanol–water partition coefficient (Wildman–Crippen LogP) is 3.10. The predicted molar refractivity (Wildman–Crippen MR) is 67.6 cm³/mol. The number of benzene rings is 1. The van der Waals surface area contributed by atoms with Gasteiger partial charge in [-0.05, 0) is 25.5 Å². The highest BCUT2D eigenvalue weighted by molar-refractivity contribution is 6.31. The van der Waals surface area contributed by atoms with Gasteiger partial charge in [-0.1, -0.05) is 29.8 Å². The molecule has 0 fully saturated rings. The lowest BCUT2D eigenvalue weighted by atomic mass is 10.1. The van der Waals surface area contributed by atoms with Crippen molar-refractivity contribution in [3.8, 4) is 0 Å². The maximum Gasteiger partial charge on any atom is 0.224 e. The largest absolute Gasteiger partial charge is 0.356 e. The maximum atomic E-state index is 13.4. The van der Waals surface area contributed by atoms with Gasteiger partial charge in [0, 0.05) is 17.1 Å². The molecule has 1 aromatic rings. The highest BCUT2D eigenvalue weighted by atomic mass is 35.5. The third kappa shape index (κ3) is 4.57. The minimum Gasteiger partial charge on any atom is -0.356 e. The lowest BCUT2D eigenvalue weighted by Gasteiger charge is -2.06. The van der Waals surface area contributed by atoms with Crippen molar-refractivity contribution in [2.75, 3.05) is 6.54 Å². The Morgan fingerprint density at radius 3 is 2.94 bits per heavy atom. The molecule has 0 aromatic heterocycles. The van der Waals surface area contributed by atoms with E-state index < -0.39 is 5.82 Å². The molecule has 0 atom stereocenters. The molecule has 0 heterocycles. The van der Waals surface area contributed by atoms with Gasteiger partial charge in [0.05, 0.1) is 6.42 Å². The van der Waals surface area contributed by atoms with E-state index in [2.05, 4.69) is 5.32 Å². The molecule has 0 radical (unpaired) electrons. The first kappa shape index (κ1) is 13.7. The molecular weight excluding hydrogens is 241 g/mol. The van der Waals surface area contributed by atoms with Gasteiger partial charge < -0.3 is 5.32 Å². The molecule has 0 aliphatic rings. The van der Waals surface area contributed by atoms with Gasteiger partial charge in [0.2, 0.25) is 5.91 Å². The minimum absolute atomic E-state index is 0.0264. The van der Waals surface area contributed by atoms with Crippen molar-refractivity contribution in [3.63, 3.8) is 0 Å². The highest BCUT2D eigenvalue weighted by Gasteiger charge is 2.10. The summed E-state index contributed by atoms with van der Waals surface area (Å²) in [5.41, 5.74) is 0.248. The molecule has 0 aliphatic heterocycles. The number of nitrogens with one attached hydrogen (secondary N) is 1. The van der Waals surface area contributed by atoms with Gasteiger partial charge >= 0.3 is 0 Å². The fourth-order valence-corrected chi connectivity index (χ4v) is 1.62. The summed E-state index contributed by atoms with van der Waals surface area (Å²) in [6.07, 6.45) is 4.62. The van der Waals surface area contributed by atoms with Crippen LogP contribution in [-0.2, 0) is 11.2 Å². The Bertz CT molecular complexity index is 398. The second-order valence-corrected chi connectivity index (χ2v) is 3.99. The summed E-state index contributed by atoms with van der Waals surface area (Å²) in [5.74, 6) is -0.664. The first-order valence-corrected chi connectivity index (χ1v) is 5.83. The molecule has 92 valence electrons. The number of allylic oxidation sites excluding steroid dienone is 1. The lowest BCUT2D eigenvalue weighted by Crippen LogP contribution is -2.26. The van der Waals surface area contributed by atoms with Crippen molar-refractivity contribution in [2.24, 2.45) is 0 Å². The first-order valence-electron chi connectivity index (χ1n) is 5.46. The summed E-state index contributed by atoms with van der Waals surface area (Å²) in [6.45, 7) is 2.47. The van der Waals surface area contributed by atoms with E-state index in [1.165, 1.54) is 12.1 Å². The zero-order valence-electron chi connectivity index (χ0n) is 9.67. The van der Waals surface area contributed by atoms with Gasteiger partial charge in [0.15, 0.2) is 0 Å². The van der Waals surface area contributed by atoms with Crippen LogP contribution in [0.3, 0.4) is 0 Å². The third-order valence-corrected chi connectivity index (χ3v) is 2.62. The van der Waals surface area contributed by atoms with Crippen LogP contribution in [0, 0.1) is 5.82 Å². The molecular formula is C13H15ClFNO. The second-order valence-electron chi connectivity index (χ2n) is 3.58. The first-order chi connectivity index (χ1) is 8.15. The lowest BCUT2D eigenvalue weighted by molar-refractivity contribution is -0.120. The smallest absolute Gasteiger partial charge is 0.224 e. The van der Waals surface area contributed by atoms with Crippen LogP contribution in [0.5, 0.6) is 0 Å². The normalized spacial score (nSPS) is 10.8. The third-order valence-electron chi connectivity index (χ3n) is 2.27. The Kier molecular flexibility index (Phi) is 5.70. The molecule has 1 aromatic carbocycles. The van der Waals surface area contributed by atoms with Crippen molar-refractivity contribution in [3.05, 3.63) is 46.8 Å². The van der Waals surface area contributed by atoms with Gasteiger partial charge in [-0.15, -0.1) is 0 Å². The number of carbonyl (C=O) groups is 1. The van der Waals surface area contributed by atoms with Gasteiger partial charge in [0.1, 0.15) is 5.82 Å². The summed E-state index contributed by atoms with van der Waals surface area (Å²) in [4.78, 5) is 11.5. The van der Waals surface area contributed by atoms with E-state index in [0.29, 0.717) is 6.54 Å². The molecule has 17 heavy (non-hydrogen) atoms. The molecule has 0 aliphatic carbocycles. The Hall–Kier alpha value is -1.35. The molecule has 0 bridgehead atoms. The van der Waals surface area contributed by atoms with Crippen molar-refractivity contribution >= 4 is 17.5 Å². The fourth-order valence-electron chi connectivity index (χ4n) is 1.39. The van der Waals surface area contributed by atoms with Crippen molar-refractivity contribution in [1.82, 2.24) is 5.32 Å². The molecule has 2 nitrogen and oxygen atoms in total.